The van der Waals surface area contributed by atoms with E-state index in [4.69, 9.17) is 4.74 Å². The van der Waals surface area contributed by atoms with E-state index >= 15 is 0 Å². The number of hydrogen-bond donors (Lipinski definition) is 0. The third-order valence-corrected chi connectivity index (χ3v) is 2.58. The molecular formula is C15H14NO3-. The van der Waals surface area contributed by atoms with Crippen LogP contribution in [0.3, 0.4) is 0 Å². The van der Waals surface area contributed by atoms with Crippen molar-refractivity contribution in [3.8, 4) is 0 Å². The van der Waals surface area contributed by atoms with Gasteiger partial charge in [-0.25, -0.2) is 4.79 Å². The Hall–Kier alpha value is -2.33. The van der Waals surface area contributed by atoms with Gasteiger partial charge in [0.25, 0.3) is 0 Å². The number of carbonyl (C=O) groups excluding carboxylic acids is 1. The summed E-state index contributed by atoms with van der Waals surface area (Å²) in [7, 11) is 0. The van der Waals surface area contributed by atoms with Crippen LogP contribution in [0.4, 0.5) is 4.79 Å². The SMILES string of the molecule is O=C(OCc1ccccc1)N([O-])Cc1ccccc1. The number of ether oxygens (including phenoxy) is 1. The summed E-state index contributed by atoms with van der Waals surface area (Å²) in [6, 6.07) is 18.3. The Labute approximate surface area is 111 Å². The van der Waals surface area contributed by atoms with Gasteiger partial charge in [-0.1, -0.05) is 60.7 Å². The first-order chi connectivity index (χ1) is 9.25. The summed E-state index contributed by atoms with van der Waals surface area (Å²) in [6.07, 6.45) is -0.868. The Balaban J connectivity index is 1.83. The molecule has 98 valence electrons. The van der Waals surface area contributed by atoms with Gasteiger partial charge in [-0.15, -0.1) is 0 Å². The van der Waals surface area contributed by atoms with Crippen LogP contribution in [0.15, 0.2) is 60.7 Å². The molecule has 0 spiro atoms. The van der Waals surface area contributed by atoms with E-state index < -0.39 is 6.09 Å². The second kappa shape index (κ2) is 6.56. The highest BCUT2D eigenvalue weighted by atomic mass is 16.6. The van der Waals surface area contributed by atoms with Crippen LogP contribution in [0.5, 0.6) is 0 Å². The average Bonchev–Trinajstić information content (AvgIpc) is 2.47. The molecule has 0 radical (unpaired) electrons. The number of hydroxylamine groups is 2. The normalized spacial score (nSPS) is 9.95. The summed E-state index contributed by atoms with van der Waals surface area (Å²) in [4.78, 5) is 11.5. The predicted octanol–water partition coefficient (Wildman–Crippen LogP) is 3.32. The highest BCUT2D eigenvalue weighted by Gasteiger charge is 2.06. The molecule has 0 aliphatic rings. The fourth-order valence-corrected chi connectivity index (χ4v) is 1.61. The molecule has 2 rings (SSSR count). The molecular weight excluding hydrogens is 242 g/mol. The van der Waals surface area contributed by atoms with E-state index in [0.717, 1.165) is 11.1 Å². The molecule has 0 saturated carbocycles. The molecule has 0 atom stereocenters. The van der Waals surface area contributed by atoms with Gasteiger partial charge in [0, 0.05) is 6.54 Å². The van der Waals surface area contributed by atoms with Crippen molar-refractivity contribution in [2.45, 2.75) is 13.2 Å². The fourth-order valence-electron chi connectivity index (χ4n) is 1.61. The zero-order valence-corrected chi connectivity index (χ0v) is 10.4. The van der Waals surface area contributed by atoms with Crippen LogP contribution in [0.2, 0.25) is 0 Å². The van der Waals surface area contributed by atoms with Crippen molar-refractivity contribution in [1.82, 2.24) is 5.06 Å². The molecule has 0 heterocycles. The first-order valence-corrected chi connectivity index (χ1v) is 5.95. The first kappa shape index (κ1) is 13.1. The van der Waals surface area contributed by atoms with Crippen molar-refractivity contribution < 1.29 is 9.53 Å². The highest BCUT2D eigenvalue weighted by molar-refractivity contribution is 5.68. The standard InChI is InChI=1S/C15H14NO3/c17-15(19-12-14-9-5-2-6-10-14)16(18)11-13-7-3-1-4-8-13/h1-10H,11-12H2/q-1. The molecule has 0 unspecified atom stereocenters. The topological polar surface area (TPSA) is 52.6 Å². The van der Waals surface area contributed by atoms with E-state index in [0.29, 0.717) is 5.06 Å². The summed E-state index contributed by atoms with van der Waals surface area (Å²) in [5.74, 6) is 0. The summed E-state index contributed by atoms with van der Waals surface area (Å²) < 4.78 is 4.94. The monoisotopic (exact) mass is 256 g/mol. The number of amides is 1. The zero-order valence-electron chi connectivity index (χ0n) is 10.4. The minimum absolute atomic E-state index is 0.00549. The first-order valence-electron chi connectivity index (χ1n) is 5.95. The lowest BCUT2D eigenvalue weighted by Gasteiger charge is -2.27. The lowest BCUT2D eigenvalue weighted by Crippen LogP contribution is -2.25. The molecule has 0 N–H and O–H groups in total. The Bertz CT molecular complexity index is 513. The van der Waals surface area contributed by atoms with Gasteiger partial charge in [0.1, 0.15) is 6.61 Å². The largest absolute Gasteiger partial charge is 0.753 e. The molecule has 19 heavy (non-hydrogen) atoms. The van der Waals surface area contributed by atoms with Crippen molar-refractivity contribution >= 4 is 6.09 Å². The smallest absolute Gasteiger partial charge is 0.399 e. The minimum Gasteiger partial charge on any atom is -0.753 e. The molecule has 1 amide bonds. The molecule has 0 fully saturated rings. The van der Waals surface area contributed by atoms with Crippen LogP contribution in [0.25, 0.3) is 0 Å². The molecule has 0 aliphatic carbocycles. The maximum Gasteiger partial charge on any atom is 0.399 e. The Kier molecular flexibility index (Phi) is 4.53. The average molecular weight is 256 g/mol. The van der Waals surface area contributed by atoms with Crippen molar-refractivity contribution in [3.05, 3.63) is 77.0 Å². The molecule has 2 aromatic carbocycles. The second-order valence-corrected chi connectivity index (χ2v) is 4.06. The zero-order chi connectivity index (χ0) is 13.5. The van der Waals surface area contributed by atoms with Crippen LogP contribution >= 0.6 is 0 Å². The van der Waals surface area contributed by atoms with Gasteiger partial charge >= 0.3 is 6.09 Å². The highest BCUT2D eigenvalue weighted by Crippen LogP contribution is 2.07. The van der Waals surface area contributed by atoms with Gasteiger partial charge in [0.15, 0.2) is 0 Å². The van der Waals surface area contributed by atoms with E-state index in [1.54, 1.807) is 12.1 Å². The third kappa shape index (κ3) is 4.12. The number of hydrogen-bond acceptors (Lipinski definition) is 3. The van der Waals surface area contributed by atoms with E-state index in [2.05, 4.69) is 0 Å². The summed E-state index contributed by atoms with van der Waals surface area (Å²) in [6.45, 7) is 0.0989. The van der Waals surface area contributed by atoms with Gasteiger partial charge in [0.05, 0.1) is 0 Å². The molecule has 2 aromatic rings. The van der Waals surface area contributed by atoms with E-state index in [9.17, 15) is 10.0 Å². The van der Waals surface area contributed by atoms with Crippen LogP contribution in [0, 0.1) is 5.21 Å². The van der Waals surface area contributed by atoms with Gasteiger partial charge in [-0.3, -0.25) is 0 Å². The van der Waals surface area contributed by atoms with E-state index in [1.807, 2.05) is 48.5 Å². The lowest BCUT2D eigenvalue weighted by molar-refractivity contribution is 0.109. The minimum atomic E-state index is -0.868. The number of benzene rings is 2. The van der Waals surface area contributed by atoms with Crippen LogP contribution in [0.1, 0.15) is 11.1 Å². The molecule has 0 saturated heterocycles. The fraction of sp³-hybridized carbons (Fsp3) is 0.133. The maximum atomic E-state index is 11.6. The Morgan fingerprint density at radius 3 is 2.05 bits per heavy atom. The van der Waals surface area contributed by atoms with Crippen molar-refractivity contribution in [3.63, 3.8) is 0 Å². The van der Waals surface area contributed by atoms with Crippen molar-refractivity contribution in [2.75, 3.05) is 0 Å². The van der Waals surface area contributed by atoms with Gasteiger partial charge < -0.3 is 15.0 Å². The predicted molar refractivity (Wildman–Crippen MR) is 72.0 cm³/mol. The summed E-state index contributed by atoms with van der Waals surface area (Å²) >= 11 is 0. The van der Waals surface area contributed by atoms with E-state index in [-0.39, 0.29) is 13.2 Å². The van der Waals surface area contributed by atoms with Gasteiger partial charge in [0.2, 0.25) is 0 Å². The third-order valence-electron chi connectivity index (χ3n) is 2.58. The molecule has 0 aromatic heterocycles. The van der Waals surface area contributed by atoms with Crippen molar-refractivity contribution in [1.29, 1.82) is 0 Å². The molecule has 0 bridgehead atoms. The summed E-state index contributed by atoms with van der Waals surface area (Å²) in [5.41, 5.74) is 1.62. The Morgan fingerprint density at radius 1 is 0.947 bits per heavy atom. The molecule has 4 heteroatoms. The quantitative estimate of drug-likeness (QED) is 0.788. The second-order valence-electron chi connectivity index (χ2n) is 4.06. The number of nitrogens with zero attached hydrogens (tertiary/aromatic N) is 1. The van der Waals surface area contributed by atoms with E-state index in [1.165, 1.54) is 0 Å². The summed E-state index contributed by atoms with van der Waals surface area (Å²) in [5, 5.41) is 11.9. The van der Waals surface area contributed by atoms with Crippen LogP contribution in [-0.4, -0.2) is 11.2 Å². The van der Waals surface area contributed by atoms with Crippen molar-refractivity contribution in [2.24, 2.45) is 0 Å². The van der Waals surface area contributed by atoms with Gasteiger partial charge in [-0.2, -0.15) is 0 Å². The van der Waals surface area contributed by atoms with Crippen LogP contribution < -0.4 is 0 Å². The lowest BCUT2D eigenvalue weighted by atomic mass is 10.2. The maximum absolute atomic E-state index is 11.6. The van der Waals surface area contributed by atoms with Gasteiger partial charge in [-0.05, 0) is 11.1 Å². The van der Waals surface area contributed by atoms with Crippen LogP contribution in [-0.2, 0) is 17.9 Å². The Morgan fingerprint density at radius 2 is 1.47 bits per heavy atom. The molecule has 4 nitrogen and oxygen atoms in total. The molecule has 0 aliphatic heterocycles. The number of carbonyl (C=O) groups is 1. The number of rotatable bonds is 4.